The van der Waals surface area contributed by atoms with E-state index in [1.165, 1.54) is 0 Å². The number of rotatable bonds is 7. The van der Waals surface area contributed by atoms with Crippen molar-refractivity contribution in [2.24, 2.45) is 5.73 Å². The first-order valence-corrected chi connectivity index (χ1v) is 6.48. The quantitative estimate of drug-likeness (QED) is 0.757. The lowest BCUT2D eigenvalue weighted by Crippen LogP contribution is -2.17. The summed E-state index contributed by atoms with van der Waals surface area (Å²) in [5.74, 6) is 2.74. The lowest BCUT2D eigenvalue weighted by atomic mass is 10.3. The molecule has 0 bridgehead atoms. The fraction of sp³-hybridized carbons (Fsp3) is 0.889. The van der Waals surface area contributed by atoms with Gasteiger partial charge in [-0.15, -0.1) is 5.10 Å². The van der Waals surface area contributed by atoms with Gasteiger partial charge in [-0.25, -0.2) is 4.68 Å². The number of nitrogens with zero attached hydrogens (tertiary/aromatic N) is 4. The highest BCUT2D eigenvalue weighted by Gasteiger charge is 2.05. The number of aryl methyl sites for hydroxylation is 1. The zero-order chi connectivity index (χ0) is 11.1. The number of hydrogen-bond acceptors (Lipinski definition) is 5. The van der Waals surface area contributed by atoms with Crippen LogP contribution in [0.2, 0.25) is 0 Å². The van der Waals surface area contributed by atoms with Crippen LogP contribution in [0.5, 0.6) is 0 Å². The van der Waals surface area contributed by atoms with Crippen LogP contribution in [0.3, 0.4) is 0 Å². The average Bonchev–Trinajstić information content (AvgIpc) is 2.62. The van der Waals surface area contributed by atoms with E-state index in [1.54, 1.807) is 11.8 Å². The lowest BCUT2D eigenvalue weighted by Gasteiger charge is -2.05. The van der Waals surface area contributed by atoms with Gasteiger partial charge in [0.25, 0.3) is 0 Å². The molecule has 1 heterocycles. The van der Waals surface area contributed by atoms with Gasteiger partial charge < -0.3 is 5.73 Å². The van der Waals surface area contributed by atoms with Gasteiger partial charge in [0.1, 0.15) is 0 Å². The van der Waals surface area contributed by atoms with Gasteiger partial charge in [0.05, 0.1) is 5.75 Å². The molecule has 1 aromatic heterocycles. The van der Waals surface area contributed by atoms with Crippen molar-refractivity contribution in [2.75, 3.05) is 5.75 Å². The minimum absolute atomic E-state index is 0.231. The molecule has 0 aliphatic rings. The highest BCUT2D eigenvalue weighted by Crippen LogP contribution is 2.10. The normalized spacial score (nSPS) is 13.0. The third-order valence-corrected chi connectivity index (χ3v) is 3.17. The Morgan fingerprint density at radius 3 is 3.00 bits per heavy atom. The fourth-order valence-corrected chi connectivity index (χ4v) is 2.02. The van der Waals surface area contributed by atoms with Gasteiger partial charge in [0, 0.05) is 18.3 Å². The molecule has 5 nitrogen and oxygen atoms in total. The van der Waals surface area contributed by atoms with Gasteiger partial charge in [0.2, 0.25) is 0 Å². The second-order valence-corrected chi connectivity index (χ2v) is 4.69. The Bertz CT molecular complexity index is 273. The Balaban J connectivity index is 2.35. The van der Waals surface area contributed by atoms with Crippen molar-refractivity contribution < 1.29 is 0 Å². The van der Waals surface area contributed by atoms with Gasteiger partial charge in [-0.05, 0) is 23.8 Å². The Morgan fingerprint density at radius 1 is 1.53 bits per heavy atom. The maximum atomic E-state index is 5.67. The smallest absolute Gasteiger partial charge is 0.161 e. The molecule has 0 radical (unpaired) electrons. The number of tetrazole rings is 1. The Labute approximate surface area is 94.8 Å². The minimum Gasteiger partial charge on any atom is -0.327 e. The first kappa shape index (κ1) is 12.4. The van der Waals surface area contributed by atoms with Crippen LogP contribution < -0.4 is 5.73 Å². The van der Waals surface area contributed by atoms with E-state index in [4.69, 9.17) is 5.73 Å². The van der Waals surface area contributed by atoms with E-state index in [0.29, 0.717) is 0 Å². The zero-order valence-corrected chi connectivity index (χ0v) is 10.2. The molecule has 1 atom stereocenters. The molecule has 2 N–H and O–H groups in total. The van der Waals surface area contributed by atoms with Crippen molar-refractivity contribution in [2.45, 2.75) is 45.0 Å². The third kappa shape index (κ3) is 4.61. The summed E-state index contributed by atoms with van der Waals surface area (Å²) in [5.41, 5.74) is 5.67. The van der Waals surface area contributed by atoms with E-state index >= 15 is 0 Å². The number of hydrogen-bond donors (Lipinski definition) is 1. The molecule has 0 spiro atoms. The van der Waals surface area contributed by atoms with Crippen molar-refractivity contribution in [1.82, 2.24) is 20.2 Å². The van der Waals surface area contributed by atoms with E-state index < -0.39 is 0 Å². The zero-order valence-electron chi connectivity index (χ0n) is 9.39. The van der Waals surface area contributed by atoms with Crippen LogP contribution in [0.1, 0.15) is 32.5 Å². The van der Waals surface area contributed by atoms with Crippen molar-refractivity contribution in [1.29, 1.82) is 0 Å². The first-order valence-electron chi connectivity index (χ1n) is 5.32. The molecule has 6 heteroatoms. The summed E-state index contributed by atoms with van der Waals surface area (Å²) in [5, 5.41) is 11.7. The van der Waals surface area contributed by atoms with E-state index in [2.05, 4.69) is 22.4 Å². The van der Waals surface area contributed by atoms with Gasteiger partial charge in [-0.2, -0.15) is 11.8 Å². The lowest BCUT2D eigenvalue weighted by molar-refractivity contribution is 0.540. The number of aromatic nitrogens is 4. The molecule has 86 valence electrons. The Morgan fingerprint density at radius 2 is 2.33 bits per heavy atom. The van der Waals surface area contributed by atoms with Crippen molar-refractivity contribution in [3.63, 3.8) is 0 Å². The average molecular weight is 229 g/mol. The van der Waals surface area contributed by atoms with Crippen LogP contribution in [0, 0.1) is 0 Å². The summed E-state index contributed by atoms with van der Waals surface area (Å²) in [6, 6.07) is 0.231. The molecule has 0 saturated heterocycles. The number of nitrogens with two attached hydrogens (primary N) is 1. The largest absolute Gasteiger partial charge is 0.327 e. The monoisotopic (exact) mass is 229 g/mol. The standard InChI is InChI=1S/C9H19N5S/c1-3-4-5-14-9(11-12-13-14)7-15-6-8(2)10/h8H,3-7,10H2,1-2H3. The van der Waals surface area contributed by atoms with Crippen LogP contribution >= 0.6 is 11.8 Å². The van der Waals surface area contributed by atoms with Crippen LogP contribution in [-0.4, -0.2) is 32.0 Å². The van der Waals surface area contributed by atoms with Crippen molar-refractivity contribution in [3.05, 3.63) is 5.82 Å². The summed E-state index contributed by atoms with van der Waals surface area (Å²) in [4.78, 5) is 0. The van der Waals surface area contributed by atoms with E-state index in [9.17, 15) is 0 Å². The molecular formula is C9H19N5S. The second-order valence-electron chi connectivity index (χ2n) is 3.66. The van der Waals surface area contributed by atoms with Gasteiger partial charge in [-0.3, -0.25) is 0 Å². The molecule has 0 aliphatic heterocycles. The summed E-state index contributed by atoms with van der Waals surface area (Å²) < 4.78 is 1.89. The van der Waals surface area contributed by atoms with Crippen LogP contribution in [0.4, 0.5) is 0 Å². The number of unbranched alkanes of at least 4 members (excludes halogenated alkanes) is 1. The van der Waals surface area contributed by atoms with E-state index in [0.717, 1.165) is 36.7 Å². The summed E-state index contributed by atoms with van der Waals surface area (Å²) in [6.45, 7) is 5.08. The molecule has 0 aromatic carbocycles. The summed E-state index contributed by atoms with van der Waals surface area (Å²) in [7, 11) is 0. The SMILES string of the molecule is CCCCn1nnnc1CSCC(C)N. The molecule has 15 heavy (non-hydrogen) atoms. The predicted molar refractivity (Wildman–Crippen MR) is 62.5 cm³/mol. The molecule has 0 aliphatic carbocycles. The van der Waals surface area contributed by atoms with Gasteiger partial charge in [-0.1, -0.05) is 13.3 Å². The maximum absolute atomic E-state index is 5.67. The molecular weight excluding hydrogens is 210 g/mol. The first-order chi connectivity index (χ1) is 7.24. The summed E-state index contributed by atoms with van der Waals surface area (Å²) in [6.07, 6.45) is 2.28. The topological polar surface area (TPSA) is 69.6 Å². The highest BCUT2D eigenvalue weighted by molar-refractivity contribution is 7.98. The number of thioether (sulfide) groups is 1. The maximum Gasteiger partial charge on any atom is 0.161 e. The molecule has 0 saturated carbocycles. The Kier molecular flexibility index (Phi) is 5.63. The highest BCUT2D eigenvalue weighted by atomic mass is 32.2. The fourth-order valence-electron chi connectivity index (χ4n) is 1.14. The van der Waals surface area contributed by atoms with E-state index in [-0.39, 0.29) is 6.04 Å². The molecule has 1 rings (SSSR count). The van der Waals surface area contributed by atoms with Crippen LogP contribution in [-0.2, 0) is 12.3 Å². The predicted octanol–water partition coefficient (Wildman–Crippen LogP) is 1.05. The molecule has 0 amide bonds. The minimum atomic E-state index is 0.231. The Hall–Kier alpha value is -0.620. The second kappa shape index (κ2) is 6.79. The van der Waals surface area contributed by atoms with E-state index in [1.807, 2.05) is 11.6 Å². The summed E-state index contributed by atoms with van der Waals surface area (Å²) >= 11 is 1.78. The van der Waals surface area contributed by atoms with Crippen LogP contribution in [0.15, 0.2) is 0 Å². The molecule has 1 unspecified atom stereocenters. The van der Waals surface area contributed by atoms with Crippen LogP contribution in [0.25, 0.3) is 0 Å². The molecule has 0 fully saturated rings. The van der Waals surface area contributed by atoms with Crippen molar-refractivity contribution >= 4 is 11.8 Å². The third-order valence-electron chi connectivity index (χ3n) is 1.94. The van der Waals surface area contributed by atoms with Gasteiger partial charge in [0.15, 0.2) is 5.82 Å². The van der Waals surface area contributed by atoms with Gasteiger partial charge >= 0.3 is 0 Å². The van der Waals surface area contributed by atoms with Crippen molar-refractivity contribution in [3.8, 4) is 0 Å². The molecule has 1 aromatic rings.